The highest BCUT2D eigenvalue weighted by Gasteiger charge is 2.29. The topological polar surface area (TPSA) is 12.0 Å². The molecule has 76 valence electrons. The first kappa shape index (κ1) is 9.51. The van der Waals surface area contributed by atoms with Crippen LogP contribution in [0.3, 0.4) is 0 Å². The van der Waals surface area contributed by atoms with Gasteiger partial charge in [-0.25, -0.2) is 0 Å². The molecule has 2 saturated carbocycles. The largest absolute Gasteiger partial charge is 0.311 e. The third-order valence-corrected chi connectivity index (χ3v) is 3.89. The van der Waals surface area contributed by atoms with Crippen LogP contribution in [0, 0.1) is 5.92 Å². The summed E-state index contributed by atoms with van der Waals surface area (Å²) in [5.74, 6) is 1.04. The van der Waals surface area contributed by atoms with E-state index in [0.717, 1.165) is 18.0 Å². The summed E-state index contributed by atoms with van der Waals surface area (Å²) < 4.78 is 0. The Morgan fingerprint density at radius 3 is 2.31 bits per heavy atom. The summed E-state index contributed by atoms with van der Waals surface area (Å²) in [6, 6.07) is 1.75. The Hall–Kier alpha value is -0.0400. The Labute approximate surface area is 82.3 Å². The van der Waals surface area contributed by atoms with E-state index in [4.69, 9.17) is 0 Å². The molecule has 1 heteroatoms. The second-order valence-corrected chi connectivity index (χ2v) is 4.94. The van der Waals surface area contributed by atoms with Gasteiger partial charge in [-0.15, -0.1) is 0 Å². The molecule has 0 aliphatic heterocycles. The SMILES string of the molecule is CCC1CC(NC2CCCCC2)C1. The van der Waals surface area contributed by atoms with Crippen LogP contribution in [-0.4, -0.2) is 12.1 Å². The van der Waals surface area contributed by atoms with E-state index in [9.17, 15) is 0 Å². The van der Waals surface area contributed by atoms with E-state index in [0.29, 0.717) is 0 Å². The van der Waals surface area contributed by atoms with Crippen LogP contribution in [0.15, 0.2) is 0 Å². The highest BCUT2D eigenvalue weighted by atomic mass is 15.0. The molecule has 0 spiro atoms. The Bertz CT molecular complexity index is 143. The van der Waals surface area contributed by atoms with Crippen LogP contribution in [-0.2, 0) is 0 Å². The fourth-order valence-electron chi connectivity index (χ4n) is 2.81. The van der Waals surface area contributed by atoms with Crippen LogP contribution in [0.4, 0.5) is 0 Å². The van der Waals surface area contributed by atoms with E-state index >= 15 is 0 Å². The molecule has 0 atom stereocenters. The Kier molecular flexibility index (Phi) is 3.26. The number of hydrogen-bond acceptors (Lipinski definition) is 1. The smallest absolute Gasteiger partial charge is 0.00749 e. The minimum Gasteiger partial charge on any atom is -0.311 e. The lowest BCUT2D eigenvalue weighted by molar-refractivity contribution is 0.186. The Morgan fingerprint density at radius 2 is 1.69 bits per heavy atom. The maximum Gasteiger partial charge on any atom is 0.00749 e. The molecular weight excluding hydrogens is 158 g/mol. The standard InChI is InChI=1S/C12H23N/c1-2-10-8-12(9-10)13-11-6-4-3-5-7-11/h10-13H,2-9H2,1H3. The summed E-state index contributed by atoms with van der Waals surface area (Å²) >= 11 is 0. The van der Waals surface area contributed by atoms with Crippen molar-refractivity contribution in [2.75, 3.05) is 0 Å². The molecule has 0 aromatic rings. The first-order valence-corrected chi connectivity index (χ1v) is 6.14. The monoisotopic (exact) mass is 181 g/mol. The first-order chi connectivity index (χ1) is 6.38. The molecule has 0 radical (unpaired) electrons. The van der Waals surface area contributed by atoms with Gasteiger partial charge in [0.25, 0.3) is 0 Å². The van der Waals surface area contributed by atoms with Crippen molar-refractivity contribution in [3.8, 4) is 0 Å². The number of rotatable bonds is 3. The van der Waals surface area contributed by atoms with Crippen molar-refractivity contribution in [2.24, 2.45) is 5.92 Å². The molecule has 0 aromatic carbocycles. The molecule has 13 heavy (non-hydrogen) atoms. The van der Waals surface area contributed by atoms with Gasteiger partial charge in [-0.1, -0.05) is 32.6 Å². The minimum absolute atomic E-state index is 0.872. The molecule has 0 amide bonds. The van der Waals surface area contributed by atoms with Gasteiger partial charge in [-0.2, -0.15) is 0 Å². The second-order valence-electron chi connectivity index (χ2n) is 4.94. The van der Waals surface area contributed by atoms with Crippen molar-refractivity contribution in [2.45, 2.75) is 70.4 Å². The van der Waals surface area contributed by atoms with E-state index in [1.165, 1.54) is 51.4 Å². The van der Waals surface area contributed by atoms with Crippen LogP contribution in [0.25, 0.3) is 0 Å². The van der Waals surface area contributed by atoms with Gasteiger partial charge in [0.05, 0.1) is 0 Å². The molecule has 2 fully saturated rings. The van der Waals surface area contributed by atoms with Gasteiger partial charge in [0, 0.05) is 12.1 Å². The molecule has 0 unspecified atom stereocenters. The molecule has 2 rings (SSSR count). The van der Waals surface area contributed by atoms with Crippen molar-refractivity contribution in [1.29, 1.82) is 0 Å². The van der Waals surface area contributed by atoms with E-state index < -0.39 is 0 Å². The van der Waals surface area contributed by atoms with Gasteiger partial charge in [-0.05, 0) is 31.6 Å². The van der Waals surface area contributed by atoms with Crippen LogP contribution >= 0.6 is 0 Å². The number of hydrogen-bond donors (Lipinski definition) is 1. The summed E-state index contributed by atoms with van der Waals surface area (Å²) in [6.45, 7) is 2.32. The van der Waals surface area contributed by atoms with Gasteiger partial charge in [0.1, 0.15) is 0 Å². The van der Waals surface area contributed by atoms with Gasteiger partial charge in [-0.3, -0.25) is 0 Å². The molecule has 0 saturated heterocycles. The van der Waals surface area contributed by atoms with Crippen LogP contribution in [0.2, 0.25) is 0 Å². The third kappa shape index (κ3) is 2.46. The normalized spacial score (nSPS) is 35.8. The van der Waals surface area contributed by atoms with Crippen molar-refractivity contribution >= 4 is 0 Å². The highest BCUT2D eigenvalue weighted by Crippen LogP contribution is 2.31. The average Bonchev–Trinajstić information content (AvgIpc) is 2.12. The fourth-order valence-corrected chi connectivity index (χ4v) is 2.81. The predicted octanol–water partition coefficient (Wildman–Crippen LogP) is 3.10. The summed E-state index contributed by atoms with van der Waals surface area (Å²) in [5, 5.41) is 3.82. The molecule has 1 N–H and O–H groups in total. The average molecular weight is 181 g/mol. The summed E-state index contributed by atoms with van der Waals surface area (Å²) in [6.07, 6.45) is 11.6. The van der Waals surface area contributed by atoms with E-state index in [2.05, 4.69) is 12.2 Å². The van der Waals surface area contributed by atoms with Gasteiger partial charge in [0.2, 0.25) is 0 Å². The summed E-state index contributed by atoms with van der Waals surface area (Å²) in [4.78, 5) is 0. The number of nitrogens with one attached hydrogen (secondary N) is 1. The van der Waals surface area contributed by atoms with E-state index in [1.54, 1.807) is 0 Å². The van der Waals surface area contributed by atoms with Crippen LogP contribution in [0.1, 0.15) is 58.3 Å². The molecule has 0 aromatic heterocycles. The molecule has 0 bridgehead atoms. The quantitative estimate of drug-likeness (QED) is 0.705. The lowest BCUT2D eigenvalue weighted by atomic mass is 9.78. The summed E-state index contributed by atoms with van der Waals surface area (Å²) in [5.41, 5.74) is 0. The third-order valence-electron chi connectivity index (χ3n) is 3.89. The molecular formula is C12H23N. The zero-order valence-electron chi connectivity index (χ0n) is 8.89. The lowest BCUT2D eigenvalue weighted by Gasteiger charge is -2.39. The second kappa shape index (κ2) is 4.45. The van der Waals surface area contributed by atoms with Gasteiger partial charge >= 0.3 is 0 Å². The molecule has 2 aliphatic rings. The van der Waals surface area contributed by atoms with Crippen molar-refractivity contribution < 1.29 is 0 Å². The maximum absolute atomic E-state index is 3.82. The highest BCUT2D eigenvalue weighted by molar-refractivity contribution is 4.87. The molecule has 1 nitrogen and oxygen atoms in total. The van der Waals surface area contributed by atoms with Crippen LogP contribution < -0.4 is 5.32 Å². The zero-order chi connectivity index (χ0) is 9.10. The summed E-state index contributed by atoms with van der Waals surface area (Å²) in [7, 11) is 0. The van der Waals surface area contributed by atoms with Crippen LogP contribution in [0.5, 0.6) is 0 Å². The fraction of sp³-hybridized carbons (Fsp3) is 1.00. The van der Waals surface area contributed by atoms with Crippen molar-refractivity contribution in [3.63, 3.8) is 0 Å². The molecule has 2 aliphatic carbocycles. The van der Waals surface area contributed by atoms with Crippen molar-refractivity contribution in [1.82, 2.24) is 5.32 Å². The maximum atomic E-state index is 3.82. The lowest BCUT2D eigenvalue weighted by Crippen LogP contribution is -2.46. The first-order valence-electron chi connectivity index (χ1n) is 6.14. The Morgan fingerprint density at radius 1 is 1.00 bits per heavy atom. The van der Waals surface area contributed by atoms with Gasteiger partial charge < -0.3 is 5.32 Å². The van der Waals surface area contributed by atoms with Crippen molar-refractivity contribution in [3.05, 3.63) is 0 Å². The molecule has 0 heterocycles. The van der Waals surface area contributed by atoms with E-state index in [1.807, 2.05) is 0 Å². The zero-order valence-corrected chi connectivity index (χ0v) is 8.89. The minimum atomic E-state index is 0.872. The predicted molar refractivity (Wildman–Crippen MR) is 56.8 cm³/mol. The Balaban J connectivity index is 1.62. The van der Waals surface area contributed by atoms with Gasteiger partial charge in [0.15, 0.2) is 0 Å². The van der Waals surface area contributed by atoms with E-state index in [-0.39, 0.29) is 0 Å².